The lowest BCUT2D eigenvalue weighted by Crippen LogP contribution is -2.31. The van der Waals surface area contributed by atoms with E-state index in [0.717, 1.165) is 21.3 Å². The Morgan fingerprint density at radius 3 is 2.55 bits per heavy atom. The van der Waals surface area contributed by atoms with E-state index in [1.165, 1.54) is 28.7 Å². The van der Waals surface area contributed by atoms with Crippen molar-refractivity contribution in [2.45, 2.75) is 13.5 Å². The van der Waals surface area contributed by atoms with Crippen LogP contribution in [0.3, 0.4) is 0 Å². The van der Waals surface area contributed by atoms with E-state index in [1.54, 1.807) is 5.38 Å². The summed E-state index contributed by atoms with van der Waals surface area (Å²) in [7, 11) is 0. The van der Waals surface area contributed by atoms with Crippen LogP contribution in [0.1, 0.15) is 31.3 Å². The van der Waals surface area contributed by atoms with Crippen molar-refractivity contribution < 1.29 is 19.1 Å². The molecule has 0 saturated heterocycles. The molecule has 2 heterocycles. The third kappa shape index (κ3) is 4.96. The molecule has 3 amide bonds. The molecule has 0 saturated carbocycles. The highest BCUT2D eigenvalue weighted by Crippen LogP contribution is 2.26. The normalized spacial score (nSPS) is 10.6. The molecule has 2 aromatic heterocycles. The molecule has 2 aromatic carbocycles. The summed E-state index contributed by atoms with van der Waals surface area (Å²) < 4.78 is 5.99. The largest absolute Gasteiger partial charge is 0.444 e. The highest BCUT2D eigenvalue weighted by molar-refractivity contribution is 7.20. The lowest BCUT2D eigenvalue weighted by Gasteiger charge is -2.07. The van der Waals surface area contributed by atoms with E-state index in [4.69, 9.17) is 4.74 Å². The van der Waals surface area contributed by atoms with Gasteiger partial charge in [0.1, 0.15) is 11.6 Å². The average molecular weight is 452 g/mol. The fraction of sp³-hybridized carbons (Fsp3) is 0.0909. The van der Waals surface area contributed by atoms with Crippen molar-refractivity contribution in [3.8, 4) is 0 Å². The molecule has 4 rings (SSSR count). The number of nitrogens with zero attached hydrogens (tertiary/aromatic N) is 1. The Bertz CT molecular complexity index is 1230. The number of anilines is 1. The van der Waals surface area contributed by atoms with Gasteiger partial charge in [-0.3, -0.25) is 14.9 Å². The Hall–Kier alpha value is -3.56. The maximum atomic E-state index is 12.6. The van der Waals surface area contributed by atoms with Gasteiger partial charge >= 0.3 is 6.09 Å². The molecule has 0 radical (unpaired) electrons. The molecule has 0 atom stereocenters. The molecular formula is C22H17N3O4S2. The standard InChI is InChI=1S/C22H17N3O4S2/c1-13-6-8-14(9-7-13)12-29-22(28)25-18(26)15-10-11-30-20(15)24-19(27)21-23-16-4-2-3-5-17(16)31-21/h2-11H,12H2,1H3,(H,24,27)(H,25,26,28). The number of thiophene rings is 1. The van der Waals surface area contributed by atoms with Gasteiger partial charge in [-0.05, 0) is 36.1 Å². The fourth-order valence-corrected chi connectivity index (χ4v) is 4.38. The second kappa shape index (κ2) is 9.07. The van der Waals surface area contributed by atoms with Crippen LogP contribution in [0, 0.1) is 6.92 Å². The zero-order chi connectivity index (χ0) is 21.8. The van der Waals surface area contributed by atoms with Crippen molar-refractivity contribution >= 4 is 55.8 Å². The summed E-state index contributed by atoms with van der Waals surface area (Å²) in [5, 5.41) is 7.15. The number of hydrogen-bond donors (Lipinski definition) is 2. The first-order chi connectivity index (χ1) is 15.0. The van der Waals surface area contributed by atoms with Crippen LogP contribution in [0.15, 0.2) is 60.0 Å². The number of ether oxygens (including phenoxy) is 1. The first-order valence-corrected chi connectivity index (χ1v) is 11.0. The average Bonchev–Trinajstić information content (AvgIpc) is 3.40. The van der Waals surface area contributed by atoms with Gasteiger partial charge in [0.2, 0.25) is 0 Å². The number of alkyl carbamates (subject to hydrolysis) is 1. The number of imide groups is 1. The Balaban J connectivity index is 1.37. The fourth-order valence-electron chi connectivity index (χ4n) is 2.74. The van der Waals surface area contributed by atoms with E-state index in [9.17, 15) is 14.4 Å². The van der Waals surface area contributed by atoms with Crippen molar-refractivity contribution in [3.63, 3.8) is 0 Å². The number of amides is 3. The van der Waals surface area contributed by atoms with Gasteiger partial charge in [0.25, 0.3) is 11.8 Å². The molecule has 0 aliphatic carbocycles. The minimum atomic E-state index is -0.861. The topological polar surface area (TPSA) is 97.4 Å². The third-order valence-corrected chi connectivity index (χ3v) is 6.20. The molecule has 31 heavy (non-hydrogen) atoms. The van der Waals surface area contributed by atoms with Crippen molar-refractivity contribution in [2.24, 2.45) is 0 Å². The molecule has 0 fully saturated rings. The highest BCUT2D eigenvalue weighted by atomic mass is 32.1. The molecule has 7 nitrogen and oxygen atoms in total. The molecule has 0 bridgehead atoms. The number of fused-ring (bicyclic) bond motifs is 1. The second-order valence-electron chi connectivity index (χ2n) is 6.62. The van der Waals surface area contributed by atoms with Crippen molar-refractivity contribution in [1.29, 1.82) is 0 Å². The third-order valence-electron chi connectivity index (χ3n) is 4.33. The molecule has 156 valence electrons. The molecule has 0 aliphatic rings. The highest BCUT2D eigenvalue weighted by Gasteiger charge is 2.20. The van der Waals surface area contributed by atoms with Gasteiger partial charge in [-0.25, -0.2) is 9.78 Å². The molecule has 4 aromatic rings. The summed E-state index contributed by atoms with van der Waals surface area (Å²) in [5.41, 5.74) is 2.82. The van der Waals surface area contributed by atoms with E-state index in [2.05, 4.69) is 15.6 Å². The van der Waals surface area contributed by atoms with Gasteiger partial charge in [-0.15, -0.1) is 22.7 Å². The van der Waals surface area contributed by atoms with E-state index in [-0.39, 0.29) is 12.2 Å². The van der Waals surface area contributed by atoms with Gasteiger partial charge in [0.15, 0.2) is 5.01 Å². The number of rotatable bonds is 5. The van der Waals surface area contributed by atoms with Crippen molar-refractivity contribution in [1.82, 2.24) is 10.3 Å². The first-order valence-electron chi connectivity index (χ1n) is 9.27. The summed E-state index contributed by atoms with van der Waals surface area (Å²) >= 11 is 2.44. The van der Waals surface area contributed by atoms with Crippen LogP contribution < -0.4 is 10.6 Å². The predicted octanol–water partition coefficient (Wildman–Crippen LogP) is 4.99. The number of nitrogens with one attached hydrogen (secondary N) is 2. The number of carbonyl (C=O) groups excluding carboxylic acids is 3. The molecular weight excluding hydrogens is 434 g/mol. The zero-order valence-electron chi connectivity index (χ0n) is 16.4. The second-order valence-corrected chi connectivity index (χ2v) is 8.57. The zero-order valence-corrected chi connectivity index (χ0v) is 18.0. The lowest BCUT2D eigenvalue weighted by atomic mass is 10.2. The quantitative estimate of drug-likeness (QED) is 0.446. The minimum absolute atomic E-state index is 0.0459. The number of aromatic nitrogens is 1. The Morgan fingerprint density at radius 2 is 1.77 bits per heavy atom. The van der Waals surface area contributed by atoms with E-state index < -0.39 is 17.9 Å². The van der Waals surface area contributed by atoms with Gasteiger partial charge in [0, 0.05) is 0 Å². The number of aryl methyl sites for hydroxylation is 1. The van der Waals surface area contributed by atoms with Crippen LogP contribution in [0.5, 0.6) is 0 Å². The number of thiazole rings is 1. The minimum Gasteiger partial charge on any atom is -0.444 e. The van der Waals surface area contributed by atoms with E-state index in [1.807, 2.05) is 55.5 Å². The molecule has 0 spiro atoms. The van der Waals surface area contributed by atoms with Crippen LogP contribution in [-0.2, 0) is 11.3 Å². The van der Waals surface area contributed by atoms with Crippen molar-refractivity contribution in [2.75, 3.05) is 5.32 Å². The lowest BCUT2D eigenvalue weighted by molar-refractivity contribution is 0.0913. The Labute approximate surface area is 185 Å². The number of hydrogen-bond acceptors (Lipinski definition) is 7. The molecule has 0 aliphatic heterocycles. The maximum Gasteiger partial charge on any atom is 0.414 e. The van der Waals surface area contributed by atoms with Gasteiger partial charge in [-0.2, -0.15) is 0 Å². The summed E-state index contributed by atoms with van der Waals surface area (Å²) in [6, 6.07) is 16.5. The smallest absolute Gasteiger partial charge is 0.414 e. The summed E-state index contributed by atoms with van der Waals surface area (Å²) in [5.74, 6) is -1.07. The summed E-state index contributed by atoms with van der Waals surface area (Å²) in [4.78, 5) is 41.4. The molecule has 9 heteroatoms. The molecule has 0 unspecified atom stereocenters. The van der Waals surface area contributed by atoms with Gasteiger partial charge < -0.3 is 10.1 Å². The van der Waals surface area contributed by atoms with Crippen molar-refractivity contribution in [3.05, 3.63) is 81.7 Å². The van der Waals surface area contributed by atoms with Crippen LogP contribution in [0.25, 0.3) is 10.2 Å². The Morgan fingerprint density at radius 1 is 1.00 bits per heavy atom. The van der Waals surface area contributed by atoms with Crippen LogP contribution in [-0.4, -0.2) is 22.9 Å². The number of carbonyl (C=O) groups is 3. The van der Waals surface area contributed by atoms with Crippen LogP contribution in [0.4, 0.5) is 9.80 Å². The van der Waals surface area contributed by atoms with E-state index in [0.29, 0.717) is 10.0 Å². The first kappa shape index (κ1) is 20.7. The van der Waals surface area contributed by atoms with Gasteiger partial charge in [0.05, 0.1) is 15.8 Å². The summed E-state index contributed by atoms with van der Waals surface area (Å²) in [6.07, 6.45) is -0.861. The van der Waals surface area contributed by atoms with Gasteiger partial charge in [-0.1, -0.05) is 42.0 Å². The summed E-state index contributed by atoms with van der Waals surface area (Å²) in [6.45, 7) is 2.01. The van der Waals surface area contributed by atoms with E-state index >= 15 is 0 Å². The Kier molecular flexibility index (Phi) is 6.06. The van der Waals surface area contributed by atoms with Crippen LogP contribution in [0.2, 0.25) is 0 Å². The van der Waals surface area contributed by atoms with Crippen LogP contribution >= 0.6 is 22.7 Å². The monoisotopic (exact) mass is 451 g/mol. The number of benzene rings is 2. The predicted molar refractivity (Wildman–Crippen MR) is 121 cm³/mol. The maximum absolute atomic E-state index is 12.6. The molecule has 2 N–H and O–H groups in total. The SMILES string of the molecule is Cc1ccc(COC(=O)NC(=O)c2ccsc2NC(=O)c2nc3ccccc3s2)cc1. The number of para-hydroxylation sites is 1.